The Morgan fingerprint density at radius 1 is 1.11 bits per heavy atom. The van der Waals surface area contributed by atoms with E-state index in [4.69, 9.17) is 14.8 Å². The van der Waals surface area contributed by atoms with Crippen LogP contribution in [-0.2, 0) is 6.61 Å². The van der Waals surface area contributed by atoms with Gasteiger partial charge in [0.2, 0.25) is 0 Å². The molecular formula is C14H19BO3. The first kappa shape index (κ1) is 12.7. The van der Waals surface area contributed by atoms with Crippen molar-refractivity contribution in [3.8, 4) is 5.75 Å². The van der Waals surface area contributed by atoms with Gasteiger partial charge in [0.05, 0.1) is 0 Å². The van der Waals surface area contributed by atoms with Crippen molar-refractivity contribution in [3.63, 3.8) is 0 Å². The lowest BCUT2D eigenvalue weighted by molar-refractivity contribution is 0.306. The predicted octanol–water partition coefficient (Wildman–Crippen LogP) is 1.75. The fraction of sp³-hybridized carbons (Fsp3) is 0.143. The zero-order chi connectivity index (χ0) is 13.0. The standard InChI is InChI=1S/C14H15BO3.2H2/c1-11-3-2-4-12(9-11)10-18-14-7-5-13(6-8-14)15(16)17;;/h2-9,16-17H,10H2,1H3;2*1H. The number of hydrogen-bond donors (Lipinski definition) is 2. The Balaban J connectivity index is 0.00000180. The van der Waals surface area contributed by atoms with Crippen LogP contribution in [0.2, 0.25) is 0 Å². The molecule has 2 N–H and O–H groups in total. The van der Waals surface area contributed by atoms with Gasteiger partial charge in [-0.1, -0.05) is 42.0 Å². The second-order valence-corrected chi connectivity index (χ2v) is 4.22. The van der Waals surface area contributed by atoms with Crippen LogP contribution in [0.1, 0.15) is 14.0 Å². The fourth-order valence-corrected chi connectivity index (χ4v) is 1.70. The minimum absolute atomic E-state index is 0. The summed E-state index contributed by atoms with van der Waals surface area (Å²) in [7, 11) is -1.43. The summed E-state index contributed by atoms with van der Waals surface area (Å²) in [4.78, 5) is 0. The molecule has 2 rings (SSSR count). The minimum atomic E-state index is -1.43. The van der Waals surface area contributed by atoms with E-state index in [0.29, 0.717) is 17.8 Å². The molecule has 0 amide bonds. The zero-order valence-corrected chi connectivity index (χ0v) is 10.2. The molecule has 0 heterocycles. The summed E-state index contributed by atoms with van der Waals surface area (Å²) < 4.78 is 5.62. The van der Waals surface area contributed by atoms with Gasteiger partial charge in [0, 0.05) is 2.85 Å². The number of hydrogen-bond acceptors (Lipinski definition) is 3. The number of aryl methyl sites for hydroxylation is 1. The van der Waals surface area contributed by atoms with Crippen molar-refractivity contribution >= 4 is 12.6 Å². The van der Waals surface area contributed by atoms with E-state index in [1.54, 1.807) is 24.3 Å². The van der Waals surface area contributed by atoms with Gasteiger partial charge < -0.3 is 14.8 Å². The normalized spacial score (nSPS) is 10.2. The van der Waals surface area contributed by atoms with E-state index < -0.39 is 7.12 Å². The summed E-state index contributed by atoms with van der Waals surface area (Å²) >= 11 is 0. The largest absolute Gasteiger partial charge is 0.489 e. The van der Waals surface area contributed by atoms with Gasteiger partial charge in [-0.2, -0.15) is 0 Å². The molecule has 2 aromatic rings. The maximum absolute atomic E-state index is 8.97. The summed E-state index contributed by atoms with van der Waals surface area (Å²) in [6.07, 6.45) is 0. The van der Waals surface area contributed by atoms with Gasteiger partial charge in [0.15, 0.2) is 0 Å². The fourth-order valence-electron chi connectivity index (χ4n) is 1.70. The molecule has 0 radical (unpaired) electrons. The molecule has 0 saturated heterocycles. The van der Waals surface area contributed by atoms with Gasteiger partial charge in [0.25, 0.3) is 0 Å². The first-order valence-corrected chi connectivity index (χ1v) is 5.79. The van der Waals surface area contributed by atoms with Crippen molar-refractivity contribution in [2.24, 2.45) is 0 Å². The Kier molecular flexibility index (Phi) is 4.02. The van der Waals surface area contributed by atoms with Crippen molar-refractivity contribution in [1.82, 2.24) is 0 Å². The van der Waals surface area contributed by atoms with E-state index in [1.165, 1.54) is 5.56 Å². The van der Waals surface area contributed by atoms with Crippen LogP contribution in [0.3, 0.4) is 0 Å². The lowest BCUT2D eigenvalue weighted by atomic mass is 9.80. The van der Waals surface area contributed by atoms with Crippen molar-refractivity contribution in [2.75, 3.05) is 0 Å². The van der Waals surface area contributed by atoms with E-state index in [1.807, 2.05) is 25.1 Å². The molecule has 0 aliphatic carbocycles. The highest BCUT2D eigenvalue weighted by Gasteiger charge is 2.09. The molecule has 0 saturated carbocycles. The lowest BCUT2D eigenvalue weighted by Gasteiger charge is -2.07. The second kappa shape index (κ2) is 5.71. The van der Waals surface area contributed by atoms with Crippen molar-refractivity contribution in [1.29, 1.82) is 0 Å². The van der Waals surface area contributed by atoms with Crippen LogP contribution in [0.5, 0.6) is 5.75 Å². The number of benzene rings is 2. The van der Waals surface area contributed by atoms with Gasteiger partial charge in [-0.3, -0.25) is 0 Å². The van der Waals surface area contributed by atoms with E-state index in [-0.39, 0.29) is 2.85 Å². The third kappa shape index (κ3) is 3.36. The molecule has 96 valence electrons. The lowest BCUT2D eigenvalue weighted by Crippen LogP contribution is -2.29. The number of ether oxygens (including phenoxy) is 1. The third-order valence-electron chi connectivity index (χ3n) is 2.67. The SMILES string of the molecule is Cc1cccc(COc2ccc(B(O)O)cc2)c1.[HH].[HH]. The van der Waals surface area contributed by atoms with Crippen LogP contribution in [-0.4, -0.2) is 17.2 Å². The van der Waals surface area contributed by atoms with Crippen molar-refractivity contribution < 1.29 is 17.6 Å². The Morgan fingerprint density at radius 2 is 1.83 bits per heavy atom. The highest BCUT2D eigenvalue weighted by atomic mass is 16.5. The molecule has 0 unspecified atom stereocenters. The predicted molar refractivity (Wildman–Crippen MR) is 76.0 cm³/mol. The molecule has 0 aliphatic rings. The molecule has 0 fully saturated rings. The summed E-state index contributed by atoms with van der Waals surface area (Å²) in [6.45, 7) is 2.55. The van der Waals surface area contributed by atoms with Gasteiger partial charge in [0.1, 0.15) is 12.4 Å². The zero-order valence-electron chi connectivity index (χ0n) is 10.2. The highest BCUT2D eigenvalue weighted by Crippen LogP contribution is 2.12. The van der Waals surface area contributed by atoms with Crippen LogP contribution in [0.4, 0.5) is 0 Å². The highest BCUT2D eigenvalue weighted by molar-refractivity contribution is 6.58. The Morgan fingerprint density at radius 3 is 2.44 bits per heavy atom. The molecule has 0 atom stereocenters. The van der Waals surface area contributed by atoms with E-state index in [0.717, 1.165) is 5.56 Å². The molecule has 2 aromatic carbocycles. The number of rotatable bonds is 4. The van der Waals surface area contributed by atoms with Crippen molar-refractivity contribution in [2.45, 2.75) is 13.5 Å². The Labute approximate surface area is 110 Å². The third-order valence-corrected chi connectivity index (χ3v) is 2.67. The molecular weight excluding hydrogens is 227 g/mol. The van der Waals surface area contributed by atoms with Crippen LogP contribution < -0.4 is 10.2 Å². The molecule has 3 nitrogen and oxygen atoms in total. The summed E-state index contributed by atoms with van der Waals surface area (Å²) in [5, 5.41) is 17.9. The van der Waals surface area contributed by atoms with Gasteiger partial charge in [-0.15, -0.1) is 0 Å². The van der Waals surface area contributed by atoms with Crippen LogP contribution in [0.25, 0.3) is 0 Å². The molecule has 0 aromatic heterocycles. The summed E-state index contributed by atoms with van der Waals surface area (Å²) in [5.74, 6) is 0.709. The first-order valence-electron chi connectivity index (χ1n) is 5.79. The topological polar surface area (TPSA) is 49.7 Å². The minimum Gasteiger partial charge on any atom is -0.489 e. The average molecular weight is 246 g/mol. The van der Waals surface area contributed by atoms with Gasteiger partial charge in [-0.25, -0.2) is 0 Å². The smallest absolute Gasteiger partial charge is 0.488 e. The summed E-state index contributed by atoms with van der Waals surface area (Å²) in [5.41, 5.74) is 2.77. The summed E-state index contributed by atoms with van der Waals surface area (Å²) in [6, 6.07) is 14.9. The second-order valence-electron chi connectivity index (χ2n) is 4.22. The molecule has 4 heteroatoms. The molecule has 0 spiro atoms. The monoisotopic (exact) mass is 246 g/mol. The quantitative estimate of drug-likeness (QED) is 0.808. The maximum Gasteiger partial charge on any atom is 0.488 e. The Bertz CT molecular complexity index is 518. The molecule has 0 bridgehead atoms. The molecule has 18 heavy (non-hydrogen) atoms. The first-order chi connectivity index (χ1) is 8.65. The van der Waals surface area contributed by atoms with E-state index >= 15 is 0 Å². The van der Waals surface area contributed by atoms with Crippen molar-refractivity contribution in [3.05, 3.63) is 59.7 Å². The van der Waals surface area contributed by atoms with Crippen LogP contribution in [0.15, 0.2) is 48.5 Å². The van der Waals surface area contributed by atoms with Crippen LogP contribution >= 0.6 is 0 Å². The maximum atomic E-state index is 8.97. The average Bonchev–Trinajstić information content (AvgIpc) is 2.37. The Hall–Kier alpha value is -1.78. The van der Waals surface area contributed by atoms with Gasteiger partial charge in [-0.05, 0) is 30.1 Å². The van der Waals surface area contributed by atoms with E-state index in [2.05, 4.69) is 6.07 Å². The van der Waals surface area contributed by atoms with Gasteiger partial charge >= 0.3 is 7.12 Å². The van der Waals surface area contributed by atoms with E-state index in [9.17, 15) is 0 Å². The van der Waals surface area contributed by atoms with Crippen LogP contribution in [0, 0.1) is 6.92 Å². The molecule has 0 aliphatic heterocycles.